The van der Waals surface area contributed by atoms with Gasteiger partial charge in [-0.15, -0.1) is 0 Å². The van der Waals surface area contributed by atoms with E-state index in [0.29, 0.717) is 29.7 Å². The highest BCUT2D eigenvalue weighted by molar-refractivity contribution is 5.78. The van der Waals surface area contributed by atoms with Gasteiger partial charge in [0.2, 0.25) is 11.8 Å². The molecular weight excluding hydrogens is 358 g/mol. The number of nitrogens with zero attached hydrogens (tertiary/aromatic N) is 3. The van der Waals surface area contributed by atoms with Crippen LogP contribution in [0.5, 0.6) is 11.6 Å². The van der Waals surface area contributed by atoms with Crippen molar-refractivity contribution in [3.8, 4) is 11.6 Å². The minimum Gasteiger partial charge on any atom is -0.436 e. The molecule has 0 amide bonds. The summed E-state index contributed by atoms with van der Waals surface area (Å²) in [5.74, 6) is -1.20. The summed E-state index contributed by atoms with van der Waals surface area (Å²) in [6.45, 7) is -0.0408. The number of aromatic nitrogens is 3. The van der Waals surface area contributed by atoms with Gasteiger partial charge in [0.25, 0.3) is 0 Å². The van der Waals surface area contributed by atoms with Crippen LogP contribution >= 0.6 is 0 Å². The van der Waals surface area contributed by atoms with E-state index in [1.54, 1.807) is 12.3 Å². The number of aliphatic hydroxyl groups excluding tert-OH is 2. The molecule has 0 aliphatic carbocycles. The van der Waals surface area contributed by atoms with E-state index in [2.05, 4.69) is 20.3 Å². The Morgan fingerprint density at radius 2 is 1.81 bits per heavy atom. The van der Waals surface area contributed by atoms with Crippen molar-refractivity contribution in [2.45, 2.75) is 18.9 Å². The maximum atomic E-state index is 13.7. The Balaban J connectivity index is 1.78. The standard InChI is InChI=1S/C18H18F2N4O3/c19-12-1-2-16(14(20)8-12)27-17-7-11-9-22-18(24-15(11)10-21-17)23-13(3-5-25)4-6-26/h1-2,7-10,13,25-26H,3-6H2,(H,22,23,24). The van der Waals surface area contributed by atoms with Gasteiger partial charge in [0, 0.05) is 43.0 Å². The molecule has 2 aromatic heterocycles. The van der Waals surface area contributed by atoms with E-state index in [1.165, 1.54) is 12.3 Å². The molecule has 142 valence electrons. The maximum Gasteiger partial charge on any atom is 0.223 e. The summed E-state index contributed by atoms with van der Waals surface area (Å²) in [6.07, 6.45) is 3.91. The topological polar surface area (TPSA) is 100 Å². The first-order chi connectivity index (χ1) is 13.1. The molecule has 1 aromatic carbocycles. The first-order valence-electron chi connectivity index (χ1n) is 8.33. The largest absolute Gasteiger partial charge is 0.436 e. The number of hydrogen-bond donors (Lipinski definition) is 3. The zero-order valence-corrected chi connectivity index (χ0v) is 14.3. The second-order valence-electron chi connectivity index (χ2n) is 5.82. The molecule has 0 saturated heterocycles. The summed E-state index contributed by atoms with van der Waals surface area (Å²) in [5, 5.41) is 21.8. The third-order valence-corrected chi connectivity index (χ3v) is 3.84. The van der Waals surface area contributed by atoms with Gasteiger partial charge in [0.1, 0.15) is 5.82 Å². The Morgan fingerprint density at radius 1 is 1.04 bits per heavy atom. The zero-order chi connectivity index (χ0) is 19.2. The van der Waals surface area contributed by atoms with Crippen molar-refractivity contribution in [1.82, 2.24) is 15.0 Å². The summed E-state index contributed by atoms with van der Waals surface area (Å²) >= 11 is 0. The van der Waals surface area contributed by atoms with Crippen LogP contribution in [-0.2, 0) is 0 Å². The number of hydrogen-bond acceptors (Lipinski definition) is 7. The molecule has 9 heteroatoms. The minimum absolute atomic E-state index is 0.0204. The quantitative estimate of drug-likeness (QED) is 0.556. The molecule has 0 unspecified atom stereocenters. The Bertz CT molecular complexity index is 920. The van der Waals surface area contributed by atoms with Crippen LogP contribution < -0.4 is 10.1 Å². The molecular formula is C18H18F2N4O3. The van der Waals surface area contributed by atoms with E-state index in [-0.39, 0.29) is 30.9 Å². The summed E-state index contributed by atoms with van der Waals surface area (Å²) in [6, 6.07) is 4.39. The first-order valence-corrected chi connectivity index (χ1v) is 8.33. The Labute approximate surface area is 153 Å². The van der Waals surface area contributed by atoms with Crippen LogP contribution in [0.1, 0.15) is 12.8 Å². The lowest BCUT2D eigenvalue weighted by Gasteiger charge is -2.16. The average Bonchev–Trinajstić information content (AvgIpc) is 2.64. The smallest absolute Gasteiger partial charge is 0.223 e. The fourth-order valence-corrected chi connectivity index (χ4v) is 2.49. The van der Waals surface area contributed by atoms with Crippen LogP contribution in [0.25, 0.3) is 10.9 Å². The molecule has 3 rings (SSSR count). The fraction of sp³-hybridized carbons (Fsp3) is 0.278. The Morgan fingerprint density at radius 3 is 2.52 bits per heavy atom. The number of fused-ring (bicyclic) bond motifs is 1. The average molecular weight is 376 g/mol. The molecule has 0 aliphatic heterocycles. The second kappa shape index (κ2) is 8.65. The number of anilines is 1. The first kappa shape index (κ1) is 18.9. The van der Waals surface area contributed by atoms with Gasteiger partial charge in [-0.25, -0.2) is 23.7 Å². The second-order valence-corrected chi connectivity index (χ2v) is 5.82. The Kier molecular flexibility index (Phi) is 6.05. The van der Waals surface area contributed by atoms with Gasteiger partial charge < -0.3 is 20.3 Å². The molecule has 7 nitrogen and oxygen atoms in total. The molecule has 0 spiro atoms. The van der Waals surface area contributed by atoms with Crippen molar-refractivity contribution in [1.29, 1.82) is 0 Å². The monoisotopic (exact) mass is 376 g/mol. The van der Waals surface area contributed by atoms with Gasteiger partial charge in [0.05, 0.1) is 11.7 Å². The van der Waals surface area contributed by atoms with Crippen molar-refractivity contribution in [3.05, 3.63) is 48.3 Å². The van der Waals surface area contributed by atoms with E-state index >= 15 is 0 Å². The van der Waals surface area contributed by atoms with E-state index in [4.69, 9.17) is 14.9 Å². The minimum atomic E-state index is -0.827. The van der Waals surface area contributed by atoms with Gasteiger partial charge in [-0.2, -0.15) is 0 Å². The van der Waals surface area contributed by atoms with Gasteiger partial charge >= 0.3 is 0 Å². The van der Waals surface area contributed by atoms with Crippen LogP contribution in [0.2, 0.25) is 0 Å². The highest BCUT2D eigenvalue weighted by atomic mass is 19.1. The van der Waals surface area contributed by atoms with Crippen LogP contribution in [0, 0.1) is 11.6 Å². The predicted molar refractivity (Wildman–Crippen MR) is 94.6 cm³/mol. The molecule has 27 heavy (non-hydrogen) atoms. The highest BCUT2D eigenvalue weighted by Crippen LogP contribution is 2.25. The van der Waals surface area contributed by atoms with Crippen molar-refractivity contribution >= 4 is 16.9 Å². The van der Waals surface area contributed by atoms with Gasteiger partial charge in [-0.05, 0) is 25.0 Å². The third-order valence-electron chi connectivity index (χ3n) is 3.84. The zero-order valence-electron chi connectivity index (χ0n) is 14.3. The highest BCUT2D eigenvalue weighted by Gasteiger charge is 2.11. The molecule has 2 heterocycles. The summed E-state index contributed by atoms with van der Waals surface area (Å²) in [7, 11) is 0. The van der Waals surface area contributed by atoms with Crippen molar-refractivity contribution in [2.24, 2.45) is 0 Å². The lowest BCUT2D eigenvalue weighted by atomic mass is 10.1. The lowest BCUT2D eigenvalue weighted by Crippen LogP contribution is -2.23. The number of benzene rings is 1. The van der Waals surface area contributed by atoms with Gasteiger partial charge in [-0.1, -0.05) is 0 Å². The molecule has 0 aliphatic rings. The molecule has 0 radical (unpaired) electrons. The summed E-state index contributed by atoms with van der Waals surface area (Å²) in [5.41, 5.74) is 0.533. The van der Waals surface area contributed by atoms with Crippen molar-refractivity contribution < 1.29 is 23.7 Å². The van der Waals surface area contributed by atoms with Crippen LogP contribution in [0.15, 0.2) is 36.7 Å². The van der Waals surface area contributed by atoms with Crippen LogP contribution in [0.3, 0.4) is 0 Å². The van der Waals surface area contributed by atoms with E-state index in [1.807, 2.05) is 0 Å². The molecule has 0 atom stereocenters. The normalized spacial score (nSPS) is 11.1. The van der Waals surface area contributed by atoms with Crippen LogP contribution in [-0.4, -0.2) is 44.4 Å². The van der Waals surface area contributed by atoms with Gasteiger partial charge in [-0.3, -0.25) is 0 Å². The third kappa shape index (κ3) is 4.83. The molecule has 0 fully saturated rings. The number of aliphatic hydroxyl groups is 2. The number of halogens is 2. The van der Waals surface area contributed by atoms with Crippen LogP contribution in [0.4, 0.5) is 14.7 Å². The molecule has 0 bridgehead atoms. The number of pyridine rings is 1. The molecule has 0 saturated carbocycles. The van der Waals surface area contributed by atoms with E-state index in [0.717, 1.165) is 12.1 Å². The SMILES string of the molecule is OCCC(CCO)Nc1ncc2cc(Oc3ccc(F)cc3F)ncc2n1. The number of nitrogens with one attached hydrogen (secondary N) is 1. The van der Waals surface area contributed by atoms with E-state index < -0.39 is 11.6 Å². The summed E-state index contributed by atoms with van der Waals surface area (Å²) < 4.78 is 32.0. The molecule has 3 N–H and O–H groups in total. The Hall–Kier alpha value is -2.91. The van der Waals surface area contributed by atoms with Gasteiger partial charge in [0.15, 0.2) is 11.6 Å². The number of rotatable bonds is 8. The fourth-order valence-electron chi connectivity index (χ4n) is 2.49. The molecule has 3 aromatic rings. The lowest BCUT2D eigenvalue weighted by molar-refractivity contribution is 0.247. The predicted octanol–water partition coefficient (Wildman–Crippen LogP) is 2.64. The summed E-state index contributed by atoms with van der Waals surface area (Å²) in [4.78, 5) is 12.6. The van der Waals surface area contributed by atoms with Crippen molar-refractivity contribution in [3.63, 3.8) is 0 Å². The van der Waals surface area contributed by atoms with Crippen molar-refractivity contribution in [2.75, 3.05) is 18.5 Å². The maximum absolute atomic E-state index is 13.7. The van der Waals surface area contributed by atoms with E-state index in [9.17, 15) is 8.78 Å². The number of ether oxygens (including phenoxy) is 1.